The van der Waals surface area contributed by atoms with E-state index >= 15 is 0 Å². The van der Waals surface area contributed by atoms with E-state index in [9.17, 15) is 13.6 Å². The summed E-state index contributed by atoms with van der Waals surface area (Å²) >= 11 is 0. The number of piperidine rings is 1. The fourth-order valence-electron chi connectivity index (χ4n) is 3.82. The number of hydrogen-bond acceptors (Lipinski definition) is 6. The summed E-state index contributed by atoms with van der Waals surface area (Å²) in [4.78, 5) is 17.9. The molecule has 9 heteroatoms. The number of rotatable bonds is 10. The first-order chi connectivity index (χ1) is 15.3. The number of alkyl halides is 2. The molecule has 3 rings (SSSR count). The van der Waals surface area contributed by atoms with Crippen LogP contribution in [0.4, 0.5) is 14.7 Å². The van der Waals surface area contributed by atoms with E-state index in [1.54, 1.807) is 0 Å². The van der Waals surface area contributed by atoms with Crippen LogP contribution in [0.15, 0.2) is 22.7 Å². The third kappa shape index (κ3) is 6.40. The Morgan fingerprint density at radius 2 is 2.09 bits per heavy atom. The SMILES string of the molecule is CCCNC(=O)c1ccc(OCCCC2CCN(c3noc(C(C)(F)F)n3)CC2)cc1C. The highest BCUT2D eigenvalue weighted by Gasteiger charge is 2.33. The van der Waals surface area contributed by atoms with Crippen LogP contribution >= 0.6 is 0 Å². The highest BCUT2D eigenvalue weighted by molar-refractivity contribution is 5.95. The molecular weight excluding hydrogens is 418 g/mol. The van der Waals surface area contributed by atoms with Crippen molar-refractivity contribution >= 4 is 11.9 Å². The predicted molar refractivity (Wildman–Crippen MR) is 117 cm³/mol. The number of nitrogens with one attached hydrogen (secondary N) is 1. The van der Waals surface area contributed by atoms with E-state index in [1.807, 2.05) is 36.9 Å². The van der Waals surface area contributed by atoms with Crippen LogP contribution < -0.4 is 15.0 Å². The van der Waals surface area contributed by atoms with Crippen molar-refractivity contribution in [1.29, 1.82) is 0 Å². The monoisotopic (exact) mass is 450 g/mol. The minimum atomic E-state index is -3.12. The molecule has 32 heavy (non-hydrogen) atoms. The molecule has 1 aromatic carbocycles. The summed E-state index contributed by atoms with van der Waals surface area (Å²) in [5.41, 5.74) is 1.57. The summed E-state index contributed by atoms with van der Waals surface area (Å²) in [6, 6.07) is 5.55. The number of aryl methyl sites for hydroxylation is 1. The van der Waals surface area contributed by atoms with Crippen molar-refractivity contribution in [2.75, 3.05) is 31.1 Å². The van der Waals surface area contributed by atoms with Crippen molar-refractivity contribution in [3.05, 3.63) is 35.2 Å². The van der Waals surface area contributed by atoms with Gasteiger partial charge >= 0.3 is 5.92 Å². The molecule has 0 radical (unpaired) electrons. The smallest absolute Gasteiger partial charge is 0.322 e. The minimum absolute atomic E-state index is 0.0531. The van der Waals surface area contributed by atoms with Gasteiger partial charge in [0.1, 0.15) is 5.75 Å². The van der Waals surface area contributed by atoms with Gasteiger partial charge in [-0.2, -0.15) is 13.8 Å². The number of carbonyl (C=O) groups is 1. The molecule has 1 aliphatic rings. The highest BCUT2D eigenvalue weighted by atomic mass is 19.3. The maximum Gasteiger partial charge on any atom is 0.322 e. The number of aromatic nitrogens is 2. The average Bonchev–Trinajstić information content (AvgIpc) is 3.26. The number of ether oxygens (including phenoxy) is 1. The van der Waals surface area contributed by atoms with Gasteiger partial charge in [-0.05, 0) is 73.9 Å². The Morgan fingerprint density at radius 3 is 2.72 bits per heavy atom. The molecule has 1 aliphatic heterocycles. The number of halogens is 2. The van der Waals surface area contributed by atoms with Gasteiger partial charge in [-0.15, -0.1) is 0 Å². The first kappa shape index (κ1) is 23.9. The van der Waals surface area contributed by atoms with Crippen LogP contribution in [0.5, 0.6) is 5.75 Å². The number of anilines is 1. The number of carbonyl (C=O) groups excluding carboxylic acids is 1. The molecular formula is C23H32F2N4O3. The zero-order valence-electron chi connectivity index (χ0n) is 19.0. The van der Waals surface area contributed by atoms with E-state index < -0.39 is 11.8 Å². The molecule has 1 fully saturated rings. The lowest BCUT2D eigenvalue weighted by Crippen LogP contribution is -2.34. The Hall–Kier alpha value is -2.71. The maximum absolute atomic E-state index is 13.3. The summed E-state index contributed by atoms with van der Waals surface area (Å²) in [7, 11) is 0. The molecule has 1 amide bonds. The van der Waals surface area contributed by atoms with Crippen LogP contribution in [-0.4, -0.2) is 42.3 Å². The molecule has 2 aromatic rings. The molecule has 1 aromatic heterocycles. The third-order valence-electron chi connectivity index (χ3n) is 5.69. The number of amides is 1. The summed E-state index contributed by atoms with van der Waals surface area (Å²) < 4.78 is 37.1. The fraction of sp³-hybridized carbons (Fsp3) is 0.609. The molecule has 1 saturated heterocycles. The molecule has 1 N–H and O–H groups in total. The molecule has 0 aliphatic carbocycles. The zero-order chi connectivity index (χ0) is 23.1. The van der Waals surface area contributed by atoms with Gasteiger partial charge in [0.15, 0.2) is 0 Å². The van der Waals surface area contributed by atoms with Crippen LogP contribution in [0.1, 0.15) is 67.8 Å². The highest BCUT2D eigenvalue weighted by Crippen LogP contribution is 2.29. The summed E-state index contributed by atoms with van der Waals surface area (Å²) in [5, 5.41) is 6.58. The second kappa shape index (κ2) is 10.7. The lowest BCUT2D eigenvalue weighted by Gasteiger charge is -2.30. The second-order valence-corrected chi connectivity index (χ2v) is 8.44. The van der Waals surface area contributed by atoms with Crippen LogP contribution in [0.2, 0.25) is 0 Å². The van der Waals surface area contributed by atoms with E-state index in [2.05, 4.69) is 20.0 Å². The number of benzene rings is 1. The number of nitrogens with zero attached hydrogens (tertiary/aromatic N) is 3. The van der Waals surface area contributed by atoms with Gasteiger partial charge in [0.25, 0.3) is 17.7 Å². The molecule has 0 bridgehead atoms. The Labute approximate surface area is 187 Å². The zero-order valence-corrected chi connectivity index (χ0v) is 19.0. The predicted octanol–water partition coefficient (Wildman–Crippen LogP) is 4.71. The molecule has 0 unspecified atom stereocenters. The topological polar surface area (TPSA) is 80.5 Å². The van der Waals surface area contributed by atoms with Crippen molar-refractivity contribution in [2.24, 2.45) is 5.92 Å². The van der Waals surface area contributed by atoms with Gasteiger partial charge < -0.3 is 19.5 Å². The first-order valence-corrected chi connectivity index (χ1v) is 11.3. The van der Waals surface area contributed by atoms with Crippen molar-refractivity contribution in [3.8, 4) is 5.75 Å². The molecule has 7 nitrogen and oxygen atoms in total. The van der Waals surface area contributed by atoms with Gasteiger partial charge in [0.05, 0.1) is 6.61 Å². The van der Waals surface area contributed by atoms with E-state index in [0.717, 1.165) is 63.4 Å². The Kier molecular flexibility index (Phi) is 8.04. The summed E-state index contributed by atoms with van der Waals surface area (Å²) in [6.45, 7) is 7.41. The molecule has 0 spiro atoms. The molecule has 2 heterocycles. The van der Waals surface area contributed by atoms with Gasteiger partial charge in [-0.3, -0.25) is 4.79 Å². The maximum atomic E-state index is 13.3. The van der Waals surface area contributed by atoms with Gasteiger partial charge in [0, 0.05) is 32.1 Å². The van der Waals surface area contributed by atoms with E-state index in [4.69, 9.17) is 4.74 Å². The Balaban J connectivity index is 1.37. The summed E-state index contributed by atoms with van der Waals surface area (Å²) in [5.74, 6) is -2.25. The van der Waals surface area contributed by atoms with E-state index in [-0.39, 0.29) is 11.9 Å². The molecule has 0 atom stereocenters. The van der Waals surface area contributed by atoms with Crippen molar-refractivity contribution < 1.29 is 22.8 Å². The van der Waals surface area contributed by atoms with Crippen LogP contribution in [0, 0.1) is 12.8 Å². The van der Waals surface area contributed by atoms with Crippen LogP contribution in [0.25, 0.3) is 0 Å². The third-order valence-corrected chi connectivity index (χ3v) is 5.69. The number of hydrogen-bond donors (Lipinski definition) is 1. The summed E-state index contributed by atoms with van der Waals surface area (Å²) in [6.07, 6.45) is 4.77. The van der Waals surface area contributed by atoms with Crippen molar-refractivity contribution in [1.82, 2.24) is 15.5 Å². The molecule has 0 saturated carbocycles. The van der Waals surface area contributed by atoms with Crippen LogP contribution in [-0.2, 0) is 5.92 Å². The Bertz CT molecular complexity index is 890. The standard InChI is InChI=1S/C23H32F2N4O3/c1-4-11-26-20(30)19-8-7-18(15-16(19)2)31-14-5-6-17-9-12-29(13-10-17)22-27-21(32-28-22)23(3,24)25/h7-8,15,17H,4-6,9-14H2,1-3H3,(H,26,30). The van der Waals surface area contributed by atoms with E-state index in [0.29, 0.717) is 24.6 Å². The lowest BCUT2D eigenvalue weighted by atomic mass is 9.92. The average molecular weight is 451 g/mol. The lowest BCUT2D eigenvalue weighted by molar-refractivity contribution is -0.0158. The quantitative estimate of drug-likeness (QED) is 0.528. The van der Waals surface area contributed by atoms with Crippen molar-refractivity contribution in [3.63, 3.8) is 0 Å². The van der Waals surface area contributed by atoms with Gasteiger partial charge in [-0.1, -0.05) is 6.92 Å². The fourth-order valence-corrected chi connectivity index (χ4v) is 3.82. The minimum Gasteiger partial charge on any atom is -0.494 e. The first-order valence-electron chi connectivity index (χ1n) is 11.3. The molecule has 176 valence electrons. The normalized spacial score (nSPS) is 15.1. The van der Waals surface area contributed by atoms with Crippen molar-refractivity contribution in [2.45, 2.75) is 58.8 Å². The van der Waals surface area contributed by atoms with Gasteiger partial charge in [0.2, 0.25) is 0 Å². The van der Waals surface area contributed by atoms with E-state index in [1.165, 1.54) is 0 Å². The largest absolute Gasteiger partial charge is 0.494 e. The van der Waals surface area contributed by atoms with Gasteiger partial charge in [-0.25, -0.2) is 0 Å². The Morgan fingerprint density at radius 1 is 1.34 bits per heavy atom. The van der Waals surface area contributed by atoms with Crippen LogP contribution in [0.3, 0.4) is 0 Å². The second-order valence-electron chi connectivity index (χ2n) is 8.44.